The molecule has 0 amide bonds. The van der Waals surface area contributed by atoms with Crippen LogP contribution in [-0.4, -0.2) is 7.11 Å². The summed E-state index contributed by atoms with van der Waals surface area (Å²) in [6.45, 7) is 0. The first-order valence-corrected chi connectivity index (χ1v) is 4.85. The van der Waals surface area contributed by atoms with Gasteiger partial charge in [0.15, 0.2) is 0 Å². The molecular formula is C13H11FO2. The van der Waals surface area contributed by atoms with E-state index in [1.807, 2.05) is 0 Å². The molecule has 0 bridgehead atoms. The molecule has 0 aliphatic rings. The summed E-state index contributed by atoms with van der Waals surface area (Å²) < 4.78 is 23.4. The van der Waals surface area contributed by atoms with Gasteiger partial charge in [0, 0.05) is 6.07 Å². The summed E-state index contributed by atoms with van der Waals surface area (Å²) >= 11 is 0. The van der Waals surface area contributed by atoms with Crippen LogP contribution < -0.4 is 9.47 Å². The molecule has 2 rings (SSSR count). The van der Waals surface area contributed by atoms with Gasteiger partial charge in [-0.25, -0.2) is 4.39 Å². The molecule has 0 saturated carbocycles. The van der Waals surface area contributed by atoms with Gasteiger partial charge in [0.1, 0.15) is 23.1 Å². The van der Waals surface area contributed by atoms with Crippen LogP contribution in [-0.2, 0) is 0 Å². The van der Waals surface area contributed by atoms with Gasteiger partial charge in [-0.2, -0.15) is 0 Å². The number of hydrogen-bond acceptors (Lipinski definition) is 2. The van der Waals surface area contributed by atoms with E-state index in [9.17, 15) is 4.39 Å². The van der Waals surface area contributed by atoms with Crippen LogP contribution >= 0.6 is 0 Å². The van der Waals surface area contributed by atoms with Gasteiger partial charge in [0.25, 0.3) is 0 Å². The Balaban J connectivity index is 2.14. The molecule has 0 radical (unpaired) electrons. The lowest BCUT2D eigenvalue weighted by Gasteiger charge is -2.06. The van der Waals surface area contributed by atoms with Crippen molar-refractivity contribution in [3.05, 3.63) is 54.3 Å². The van der Waals surface area contributed by atoms with Gasteiger partial charge in [0.05, 0.1) is 7.11 Å². The molecule has 0 aliphatic carbocycles. The largest absolute Gasteiger partial charge is 0.497 e. The third kappa shape index (κ3) is 2.51. The Labute approximate surface area is 93.2 Å². The van der Waals surface area contributed by atoms with E-state index in [1.165, 1.54) is 12.1 Å². The maximum absolute atomic E-state index is 12.9. The standard InChI is InChI=1S/C13H11FO2/c1-15-11-5-7-12(8-6-11)16-13-4-2-3-10(14)9-13/h2-9H,1H3. The SMILES string of the molecule is COc1ccc(Oc2cccc(F)c2)cc1. The Morgan fingerprint density at radius 1 is 0.875 bits per heavy atom. The number of halogens is 1. The van der Waals surface area contributed by atoms with Crippen molar-refractivity contribution in [2.75, 3.05) is 7.11 Å². The highest BCUT2D eigenvalue weighted by atomic mass is 19.1. The van der Waals surface area contributed by atoms with Crippen LogP contribution in [0.25, 0.3) is 0 Å². The zero-order valence-corrected chi connectivity index (χ0v) is 8.81. The van der Waals surface area contributed by atoms with Gasteiger partial charge >= 0.3 is 0 Å². The van der Waals surface area contributed by atoms with Gasteiger partial charge in [-0.05, 0) is 36.4 Å². The molecular weight excluding hydrogens is 207 g/mol. The molecule has 0 atom stereocenters. The highest BCUT2D eigenvalue weighted by Crippen LogP contribution is 2.23. The molecule has 0 spiro atoms. The molecule has 0 N–H and O–H groups in total. The first-order valence-electron chi connectivity index (χ1n) is 4.85. The van der Waals surface area contributed by atoms with E-state index in [2.05, 4.69) is 0 Å². The van der Waals surface area contributed by atoms with Crippen molar-refractivity contribution in [3.8, 4) is 17.2 Å². The van der Waals surface area contributed by atoms with Crippen LogP contribution in [0.1, 0.15) is 0 Å². The second kappa shape index (κ2) is 4.66. The first-order chi connectivity index (χ1) is 7.78. The van der Waals surface area contributed by atoms with Crippen LogP contribution in [0.2, 0.25) is 0 Å². The molecule has 0 fully saturated rings. The van der Waals surface area contributed by atoms with Gasteiger partial charge in [-0.3, -0.25) is 0 Å². The monoisotopic (exact) mass is 218 g/mol. The second-order valence-electron chi connectivity index (χ2n) is 3.23. The van der Waals surface area contributed by atoms with E-state index in [1.54, 1.807) is 43.5 Å². The summed E-state index contributed by atoms with van der Waals surface area (Å²) in [5.74, 6) is 1.56. The van der Waals surface area contributed by atoms with Gasteiger partial charge in [0.2, 0.25) is 0 Å². The van der Waals surface area contributed by atoms with Gasteiger partial charge in [-0.1, -0.05) is 6.07 Å². The first kappa shape index (κ1) is 10.5. The molecule has 3 heteroatoms. The van der Waals surface area contributed by atoms with E-state index in [0.29, 0.717) is 11.5 Å². The predicted molar refractivity (Wildman–Crippen MR) is 59.5 cm³/mol. The summed E-state index contributed by atoms with van der Waals surface area (Å²) in [4.78, 5) is 0. The Morgan fingerprint density at radius 2 is 1.56 bits per heavy atom. The smallest absolute Gasteiger partial charge is 0.130 e. The lowest BCUT2D eigenvalue weighted by molar-refractivity contribution is 0.412. The van der Waals surface area contributed by atoms with E-state index in [4.69, 9.17) is 9.47 Å². The van der Waals surface area contributed by atoms with Crippen molar-refractivity contribution in [1.29, 1.82) is 0 Å². The summed E-state index contributed by atoms with van der Waals surface area (Å²) in [7, 11) is 1.60. The molecule has 16 heavy (non-hydrogen) atoms. The average molecular weight is 218 g/mol. The average Bonchev–Trinajstić information content (AvgIpc) is 2.30. The van der Waals surface area contributed by atoms with Crippen LogP contribution in [0, 0.1) is 5.82 Å². The number of ether oxygens (including phenoxy) is 2. The van der Waals surface area contributed by atoms with Crippen LogP contribution in [0.5, 0.6) is 17.2 Å². The third-order valence-corrected chi connectivity index (χ3v) is 2.09. The van der Waals surface area contributed by atoms with Crippen molar-refractivity contribution < 1.29 is 13.9 Å². The van der Waals surface area contributed by atoms with Gasteiger partial charge in [-0.15, -0.1) is 0 Å². The highest BCUT2D eigenvalue weighted by molar-refractivity contribution is 5.35. The Kier molecular flexibility index (Phi) is 3.05. The van der Waals surface area contributed by atoms with Crippen molar-refractivity contribution >= 4 is 0 Å². The van der Waals surface area contributed by atoms with Crippen molar-refractivity contribution in [3.63, 3.8) is 0 Å². The molecule has 0 heterocycles. The zero-order chi connectivity index (χ0) is 11.4. The number of methoxy groups -OCH3 is 1. The summed E-state index contributed by atoms with van der Waals surface area (Å²) in [6.07, 6.45) is 0. The fourth-order valence-corrected chi connectivity index (χ4v) is 1.31. The normalized spacial score (nSPS) is 9.88. The van der Waals surface area contributed by atoms with Crippen LogP contribution in [0.15, 0.2) is 48.5 Å². The predicted octanol–water partition coefficient (Wildman–Crippen LogP) is 3.63. The van der Waals surface area contributed by atoms with Crippen LogP contribution in [0.3, 0.4) is 0 Å². The maximum Gasteiger partial charge on any atom is 0.130 e. The maximum atomic E-state index is 12.9. The molecule has 2 aromatic rings. The summed E-state index contributed by atoms with van der Waals surface area (Å²) in [5.41, 5.74) is 0. The molecule has 0 aliphatic heterocycles. The number of benzene rings is 2. The molecule has 2 aromatic carbocycles. The minimum atomic E-state index is -0.314. The lowest BCUT2D eigenvalue weighted by atomic mass is 10.3. The minimum absolute atomic E-state index is 0.314. The van der Waals surface area contributed by atoms with Crippen molar-refractivity contribution in [1.82, 2.24) is 0 Å². The number of hydrogen-bond donors (Lipinski definition) is 0. The Hall–Kier alpha value is -2.03. The quantitative estimate of drug-likeness (QED) is 0.783. The second-order valence-corrected chi connectivity index (χ2v) is 3.23. The lowest BCUT2D eigenvalue weighted by Crippen LogP contribution is -1.86. The Bertz CT molecular complexity index is 466. The van der Waals surface area contributed by atoms with Crippen molar-refractivity contribution in [2.45, 2.75) is 0 Å². The molecule has 0 saturated heterocycles. The molecule has 0 unspecified atom stereocenters. The van der Waals surface area contributed by atoms with Crippen LogP contribution in [0.4, 0.5) is 4.39 Å². The highest BCUT2D eigenvalue weighted by Gasteiger charge is 1.99. The Morgan fingerprint density at radius 3 is 2.19 bits per heavy atom. The van der Waals surface area contributed by atoms with Crippen molar-refractivity contribution in [2.24, 2.45) is 0 Å². The molecule has 82 valence electrons. The topological polar surface area (TPSA) is 18.5 Å². The number of rotatable bonds is 3. The molecule has 0 aromatic heterocycles. The fourth-order valence-electron chi connectivity index (χ4n) is 1.31. The molecule has 2 nitrogen and oxygen atoms in total. The zero-order valence-electron chi connectivity index (χ0n) is 8.81. The van der Waals surface area contributed by atoms with E-state index in [-0.39, 0.29) is 5.82 Å². The summed E-state index contributed by atoms with van der Waals surface area (Å²) in [5, 5.41) is 0. The fraction of sp³-hybridized carbons (Fsp3) is 0.0769. The summed E-state index contributed by atoms with van der Waals surface area (Å²) in [6, 6.07) is 13.1. The van der Waals surface area contributed by atoms with E-state index in [0.717, 1.165) is 5.75 Å². The van der Waals surface area contributed by atoms with Gasteiger partial charge < -0.3 is 9.47 Å². The van der Waals surface area contributed by atoms with E-state index < -0.39 is 0 Å². The van der Waals surface area contributed by atoms with E-state index >= 15 is 0 Å². The minimum Gasteiger partial charge on any atom is -0.497 e. The third-order valence-electron chi connectivity index (χ3n) is 2.09.